The van der Waals surface area contributed by atoms with Crippen LogP contribution in [0.5, 0.6) is 0 Å². The number of hydrogen-bond donors (Lipinski definition) is 4. The Bertz CT molecular complexity index is 1450. The van der Waals surface area contributed by atoms with Crippen LogP contribution in [0.15, 0.2) is 43.0 Å². The summed E-state index contributed by atoms with van der Waals surface area (Å²) in [5.74, 6) is 0.629. The summed E-state index contributed by atoms with van der Waals surface area (Å²) in [5.41, 5.74) is 10.6. The van der Waals surface area contributed by atoms with Crippen molar-refractivity contribution in [2.75, 3.05) is 37.8 Å². The van der Waals surface area contributed by atoms with Crippen molar-refractivity contribution in [2.45, 2.75) is 18.8 Å². The van der Waals surface area contributed by atoms with Gasteiger partial charge in [-0.3, -0.25) is 14.6 Å². The smallest absolute Gasteiger partial charge is 0.290 e. The lowest BCUT2D eigenvalue weighted by molar-refractivity contribution is -0.122. The fourth-order valence-electron chi connectivity index (χ4n) is 4.62. The van der Waals surface area contributed by atoms with Crippen LogP contribution in [-0.2, 0) is 11.8 Å². The number of carboxylic acid groups (broad SMARTS) is 1. The molecule has 12 heteroatoms. The van der Waals surface area contributed by atoms with Crippen molar-refractivity contribution in [1.82, 2.24) is 29.4 Å². The highest BCUT2D eigenvalue weighted by molar-refractivity contribution is 5.99. The van der Waals surface area contributed by atoms with Gasteiger partial charge in [0.15, 0.2) is 17.3 Å². The number of imidazole rings is 1. The molecular formula is C26H31N9O3. The van der Waals surface area contributed by atoms with Crippen LogP contribution in [0.2, 0.25) is 0 Å². The second-order valence-corrected chi connectivity index (χ2v) is 9.08. The van der Waals surface area contributed by atoms with Crippen molar-refractivity contribution in [1.29, 1.82) is 0 Å². The molecule has 5 rings (SSSR count). The highest BCUT2D eigenvalue weighted by atomic mass is 16.3. The number of rotatable bonds is 6. The molecule has 38 heavy (non-hydrogen) atoms. The molecule has 3 aromatic heterocycles. The predicted molar refractivity (Wildman–Crippen MR) is 145 cm³/mol. The van der Waals surface area contributed by atoms with E-state index < -0.39 is 5.91 Å². The SMILES string of the molecule is CNc1nc(Nc2cccc(C3CCN(C)CC3)c2)c(C(N)=O)nc1-c1cncc2c1ncn2C.O=CO. The number of carbonyl (C=O) groups is 2. The number of carbonyl (C=O) groups excluding carboxylic acids is 1. The third kappa shape index (κ3) is 5.54. The molecule has 4 aromatic rings. The van der Waals surface area contributed by atoms with Crippen molar-refractivity contribution in [3.05, 3.63) is 54.2 Å². The number of likely N-dealkylation sites (tertiary alicyclic amines) is 1. The summed E-state index contributed by atoms with van der Waals surface area (Å²) in [7, 11) is 5.81. The van der Waals surface area contributed by atoms with Gasteiger partial charge in [-0.1, -0.05) is 12.1 Å². The van der Waals surface area contributed by atoms with E-state index >= 15 is 0 Å². The van der Waals surface area contributed by atoms with E-state index in [1.165, 1.54) is 5.56 Å². The lowest BCUT2D eigenvalue weighted by atomic mass is 9.89. The van der Waals surface area contributed by atoms with Gasteiger partial charge in [-0.15, -0.1) is 0 Å². The summed E-state index contributed by atoms with van der Waals surface area (Å²) < 4.78 is 1.88. The minimum Gasteiger partial charge on any atom is -0.483 e. The molecule has 12 nitrogen and oxygen atoms in total. The molecule has 5 N–H and O–H groups in total. The van der Waals surface area contributed by atoms with Gasteiger partial charge in [0.05, 0.1) is 23.6 Å². The van der Waals surface area contributed by atoms with Gasteiger partial charge >= 0.3 is 0 Å². The lowest BCUT2D eigenvalue weighted by Gasteiger charge is -2.29. The highest BCUT2D eigenvalue weighted by Crippen LogP contribution is 2.33. The van der Waals surface area contributed by atoms with E-state index in [1.807, 2.05) is 23.7 Å². The summed E-state index contributed by atoms with van der Waals surface area (Å²) in [6.07, 6.45) is 7.37. The number of pyridine rings is 1. The number of aryl methyl sites for hydroxylation is 1. The van der Waals surface area contributed by atoms with Gasteiger partial charge in [0.25, 0.3) is 12.4 Å². The number of hydrogen-bond acceptors (Lipinski definition) is 9. The number of benzene rings is 1. The molecule has 0 radical (unpaired) electrons. The second kappa shape index (κ2) is 11.6. The molecule has 0 saturated carbocycles. The van der Waals surface area contributed by atoms with Gasteiger partial charge in [-0.05, 0) is 56.6 Å². The first-order valence-corrected chi connectivity index (χ1v) is 12.1. The fraction of sp³-hybridized carbons (Fsp3) is 0.308. The molecule has 0 bridgehead atoms. The molecule has 1 aromatic carbocycles. The first kappa shape index (κ1) is 26.5. The van der Waals surface area contributed by atoms with E-state index in [1.54, 1.807) is 25.8 Å². The van der Waals surface area contributed by atoms with E-state index in [4.69, 9.17) is 20.6 Å². The molecular weight excluding hydrogens is 486 g/mol. The number of amides is 1. The third-order valence-corrected chi connectivity index (χ3v) is 6.60. The summed E-state index contributed by atoms with van der Waals surface area (Å²) in [6, 6.07) is 8.25. The predicted octanol–water partition coefficient (Wildman–Crippen LogP) is 2.82. The van der Waals surface area contributed by atoms with Crippen LogP contribution in [0.1, 0.15) is 34.8 Å². The van der Waals surface area contributed by atoms with Crippen molar-refractivity contribution in [3.8, 4) is 11.3 Å². The first-order chi connectivity index (χ1) is 18.4. The number of nitrogens with two attached hydrogens (primary N) is 1. The zero-order valence-electron chi connectivity index (χ0n) is 21.5. The molecule has 0 aliphatic carbocycles. The van der Waals surface area contributed by atoms with E-state index in [0.717, 1.165) is 42.7 Å². The largest absolute Gasteiger partial charge is 0.483 e. The van der Waals surface area contributed by atoms with Crippen LogP contribution < -0.4 is 16.4 Å². The van der Waals surface area contributed by atoms with Gasteiger partial charge in [-0.25, -0.2) is 15.0 Å². The minimum atomic E-state index is -0.670. The average molecular weight is 518 g/mol. The number of fused-ring (bicyclic) bond motifs is 1. The monoisotopic (exact) mass is 517 g/mol. The normalized spacial score (nSPS) is 14.0. The van der Waals surface area contributed by atoms with Crippen molar-refractivity contribution in [3.63, 3.8) is 0 Å². The Kier molecular flexibility index (Phi) is 8.12. The Labute approximate surface area is 219 Å². The van der Waals surface area contributed by atoms with Crippen LogP contribution >= 0.6 is 0 Å². The lowest BCUT2D eigenvalue weighted by Crippen LogP contribution is -2.29. The zero-order valence-corrected chi connectivity index (χ0v) is 21.5. The standard InChI is InChI=1S/C25H29N9O.CH2O2/c1-27-24-21(18-12-28-13-19-20(18)29-14-34(19)3)31-22(23(26)35)25(32-24)30-17-6-4-5-16(11-17)15-7-9-33(2)10-8-15;2-1-3/h4-6,11-15H,7-10H2,1-3H3,(H2,26,35)(H2,27,30,32);1H,(H,2,3). The summed E-state index contributed by atoms with van der Waals surface area (Å²) >= 11 is 0. The van der Waals surface area contributed by atoms with Crippen LogP contribution in [-0.4, -0.2) is 74.1 Å². The average Bonchev–Trinajstić information content (AvgIpc) is 3.30. The Morgan fingerprint density at radius 2 is 1.89 bits per heavy atom. The van der Waals surface area contributed by atoms with Gasteiger partial charge in [0, 0.05) is 26.0 Å². The maximum Gasteiger partial charge on any atom is 0.290 e. The number of primary amides is 1. The Balaban J connectivity index is 0.00000107. The van der Waals surface area contributed by atoms with E-state index in [-0.39, 0.29) is 12.2 Å². The Hall–Kier alpha value is -4.58. The van der Waals surface area contributed by atoms with Crippen molar-refractivity contribution in [2.24, 2.45) is 12.8 Å². The van der Waals surface area contributed by atoms with Crippen LogP contribution in [0.3, 0.4) is 0 Å². The summed E-state index contributed by atoms with van der Waals surface area (Å²) in [4.78, 5) is 41.3. The number of nitrogens with zero attached hydrogens (tertiary/aromatic N) is 6. The number of nitrogens with one attached hydrogen (secondary N) is 2. The highest BCUT2D eigenvalue weighted by Gasteiger charge is 2.22. The van der Waals surface area contributed by atoms with Crippen LogP contribution in [0.25, 0.3) is 22.3 Å². The third-order valence-electron chi connectivity index (χ3n) is 6.60. The Morgan fingerprint density at radius 1 is 1.16 bits per heavy atom. The number of aromatic nitrogens is 5. The molecule has 0 unspecified atom stereocenters. The fourth-order valence-corrected chi connectivity index (χ4v) is 4.62. The summed E-state index contributed by atoms with van der Waals surface area (Å²) in [6.45, 7) is 1.93. The quantitative estimate of drug-likeness (QED) is 0.280. The molecule has 198 valence electrons. The van der Waals surface area contributed by atoms with Crippen LogP contribution in [0.4, 0.5) is 17.3 Å². The molecule has 1 aliphatic heterocycles. The van der Waals surface area contributed by atoms with Crippen molar-refractivity contribution < 1.29 is 14.7 Å². The maximum atomic E-state index is 12.4. The van der Waals surface area contributed by atoms with Gasteiger partial charge in [0.2, 0.25) is 0 Å². The zero-order chi connectivity index (χ0) is 27.2. The summed E-state index contributed by atoms with van der Waals surface area (Å²) in [5, 5.41) is 13.3. The Morgan fingerprint density at radius 3 is 2.58 bits per heavy atom. The molecule has 1 amide bonds. The number of piperidine rings is 1. The van der Waals surface area contributed by atoms with Crippen LogP contribution in [0, 0.1) is 0 Å². The number of anilines is 3. The van der Waals surface area contributed by atoms with Gasteiger partial charge < -0.3 is 30.9 Å². The molecule has 0 spiro atoms. The van der Waals surface area contributed by atoms with Gasteiger partial charge in [-0.2, -0.15) is 0 Å². The van der Waals surface area contributed by atoms with E-state index in [9.17, 15) is 4.79 Å². The van der Waals surface area contributed by atoms with Gasteiger partial charge in [0.1, 0.15) is 11.2 Å². The molecule has 1 saturated heterocycles. The molecule has 1 fully saturated rings. The molecule has 0 atom stereocenters. The second-order valence-electron chi connectivity index (χ2n) is 9.08. The molecule has 4 heterocycles. The molecule has 1 aliphatic rings. The van der Waals surface area contributed by atoms with E-state index in [0.29, 0.717) is 28.8 Å². The first-order valence-electron chi connectivity index (χ1n) is 12.1. The maximum absolute atomic E-state index is 12.4. The topological polar surface area (TPSA) is 164 Å². The minimum absolute atomic E-state index is 0.0524. The van der Waals surface area contributed by atoms with E-state index in [2.05, 4.69) is 49.7 Å². The van der Waals surface area contributed by atoms with Crippen molar-refractivity contribution >= 4 is 40.7 Å².